The first-order valence-electron chi connectivity index (χ1n) is 11.6. The van der Waals surface area contributed by atoms with E-state index in [9.17, 15) is 10.0 Å². The summed E-state index contributed by atoms with van der Waals surface area (Å²) >= 11 is 0. The summed E-state index contributed by atoms with van der Waals surface area (Å²) in [6, 6.07) is 40.3. The molecule has 5 aromatic carbocycles. The van der Waals surface area contributed by atoms with Gasteiger partial charge in [0.05, 0.1) is 5.41 Å². The monoisotopic (exact) mass is 436 g/mol. The third-order valence-corrected chi connectivity index (χ3v) is 7.52. The van der Waals surface area contributed by atoms with Gasteiger partial charge in [0.2, 0.25) is 0 Å². The number of hydrogen-bond acceptors (Lipinski definition) is 2. The minimum atomic E-state index is -1.52. The quantitative estimate of drug-likeness (QED) is 0.358. The van der Waals surface area contributed by atoms with Gasteiger partial charge in [-0.1, -0.05) is 109 Å². The van der Waals surface area contributed by atoms with Gasteiger partial charge in [0, 0.05) is 0 Å². The summed E-state index contributed by atoms with van der Waals surface area (Å²) in [4.78, 5) is 0. The minimum absolute atomic E-state index is 0.506. The van der Waals surface area contributed by atoms with Crippen molar-refractivity contribution in [2.45, 2.75) is 5.41 Å². The molecule has 0 aromatic heterocycles. The van der Waals surface area contributed by atoms with E-state index in [1.54, 1.807) is 0 Å². The molecule has 0 unspecified atom stereocenters. The van der Waals surface area contributed by atoms with Crippen LogP contribution >= 0.6 is 0 Å². The molecular formula is C31H21BO2. The van der Waals surface area contributed by atoms with Gasteiger partial charge >= 0.3 is 7.12 Å². The molecule has 0 saturated heterocycles. The lowest BCUT2D eigenvalue weighted by Gasteiger charge is -2.31. The van der Waals surface area contributed by atoms with Crippen LogP contribution in [-0.2, 0) is 5.41 Å². The van der Waals surface area contributed by atoms with Gasteiger partial charge in [-0.05, 0) is 67.2 Å². The van der Waals surface area contributed by atoms with E-state index in [1.165, 1.54) is 44.5 Å². The molecule has 3 heteroatoms. The van der Waals surface area contributed by atoms with E-state index in [-0.39, 0.29) is 0 Å². The summed E-state index contributed by atoms with van der Waals surface area (Å²) < 4.78 is 0. The molecule has 0 aliphatic heterocycles. The highest BCUT2D eigenvalue weighted by molar-refractivity contribution is 6.58. The molecule has 5 aromatic rings. The molecule has 1 spiro atoms. The van der Waals surface area contributed by atoms with Crippen molar-refractivity contribution in [3.05, 3.63) is 138 Å². The van der Waals surface area contributed by atoms with Crippen molar-refractivity contribution in [3.8, 4) is 33.4 Å². The zero-order chi connectivity index (χ0) is 22.9. The molecule has 0 radical (unpaired) electrons. The summed E-state index contributed by atoms with van der Waals surface area (Å²) in [6.45, 7) is 0. The van der Waals surface area contributed by atoms with Crippen LogP contribution in [0.1, 0.15) is 22.3 Å². The third-order valence-electron chi connectivity index (χ3n) is 7.52. The summed E-state index contributed by atoms with van der Waals surface area (Å²) in [7, 11) is -1.52. The first kappa shape index (κ1) is 19.5. The van der Waals surface area contributed by atoms with E-state index in [4.69, 9.17) is 0 Å². The van der Waals surface area contributed by atoms with E-state index in [2.05, 4.69) is 91.0 Å². The zero-order valence-electron chi connectivity index (χ0n) is 18.4. The smallest absolute Gasteiger partial charge is 0.423 e. The van der Waals surface area contributed by atoms with Crippen molar-refractivity contribution in [3.63, 3.8) is 0 Å². The molecule has 0 amide bonds. The normalized spacial score (nSPS) is 13.8. The summed E-state index contributed by atoms with van der Waals surface area (Å²) in [5.74, 6) is 0. The number of rotatable bonds is 2. The Morgan fingerprint density at radius 2 is 0.971 bits per heavy atom. The van der Waals surface area contributed by atoms with Crippen molar-refractivity contribution in [1.29, 1.82) is 0 Å². The Balaban J connectivity index is 1.63. The van der Waals surface area contributed by atoms with Gasteiger partial charge in [-0.2, -0.15) is 0 Å². The predicted molar refractivity (Wildman–Crippen MR) is 138 cm³/mol. The maximum absolute atomic E-state index is 10.0. The van der Waals surface area contributed by atoms with Crippen molar-refractivity contribution < 1.29 is 10.0 Å². The molecule has 0 heterocycles. The number of benzene rings is 5. The number of fused-ring (bicyclic) bond motifs is 10. The van der Waals surface area contributed by atoms with E-state index in [0.717, 1.165) is 11.1 Å². The van der Waals surface area contributed by atoms with Crippen molar-refractivity contribution >= 4 is 12.6 Å². The van der Waals surface area contributed by atoms with Gasteiger partial charge in [-0.3, -0.25) is 0 Å². The summed E-state index contributed by atoms with van der Waals surface area (Å²) in [6.07, 6.45) is 0. The van der Waals surface area contributed by atoms with Crippen LogP contribution in [0.2, 0.25) is 0 Å². The molecule has 2 aliphatic rings. The fourth-order valence-electron chi connectivity index (χ4n) is 6.13. The Hall–Kier alpha value is -3.92. The van der Waals surface area contributed by atoms with Crippen molar-refractivity contribution in [1.82, 2.24) is 0 Å². The highest BCUT2D eigenvalue weighted by Crippen LogP contribution is 2.62. The van der Waals surface area contributed by atoms with Crippen molar-refractivity contribution in [2.24, 2.45) is 0 Å². The highest BCUT2D eigenvalue weighted by atomic mass is 16.4. The minimum Gasteiger partial charge on any atom is -0.423 e. The predicted octanol–water partition coefficient (Wildman–Crippen LogP) is 5.38. The van der Waals surface area contributed by atoms with Gasteiger partial charge in [0.1, 0.15) is 0 Å². The molecule has 2 nitrogen and oxygen atoms in total. The topological polar surface area (TPSA) is 40.5 Å². The van der Waals surface area contributed by atoms with Crippen LogP contribution in [-0.4, -0.2) is 17.2 Å². The average Bonchev–Trinajstić information content (AvgIpc) is 3.36. The maximum atomic E-state index is 10.0. The van der Waals surface area contributed by atoms with Gasteiger partial charge in [0.15, 0.2) is 0 Å². The summed E-state index contributed by atoms with van der Waals surface area (Å²) in [5.41, 5.74) is 12.0. The van der Waals surface area contributed by atoms with Crippen LogP contribution in [0.3, 0.4) is 0 Å². The van der Waals surface area contributed by atoms with Gasteiger partial charge in [0.25, 0.3) is 0 Å². The SMILES string of the molecule is OB(O)c1ccc2c(c1)C1(c3ccccc3-c3ccccc31)c1cc(-c3ccccc3)ccc1-2. The van der Waals surface area contributed by atoms with E-state index < -0.39 is 12.5 Å². The van der Waals surface area contributed by atoms with E-state index in [0.29, 0.717) is 5.46 Å². The maximum Gasteiger partial charge on any atom is 0.488 e. The molecule has 0 bridgehead atoms. The van der Waals surface area contributed by atoms with Crippen LogP contribution in [0.15, 0.2) is 115 Å². The Morgan fingerprint density at radius 3 is 1.62 bits per heavy atom. The first-order chi connectivity index (χ1) is 16.7. The fraction of sp³-hybridized carbons (Fsp3) is 0.0323. The van der Waals surface area contributed by atoms with Gasteiger partial charge in [-0.15, -0.1) is 0 Å². The molecular weight excluding hydrogens is 415 g/mol. The standard InChI is InChI=1S/C31H21BO2/c33-32(34)22-15-17-26-25-16-14-21(20-8-2-1-3-9-20)18-29(25)31(30(26)19-22)27-12-6-4-10-23(27)24-11-5-7-13-28(24)31/h1-19,33-34H. The Kier molecular flexibility index (Phi) is 4.05. The molecule has 7 rings (SSSR count). The number of hydrogen-bond donors (Lipinski definition) is 2. The molecule has 0 saturated carbocycles. The molecule has 34 heavy (non-hydrogen) atoms. The lowest BCUT2D eigenvalue weighted by molar-refractivity contribution is 0.425. The van der Waals surface area contributed by atoms with E-state index in [1.807, 2.05) is 24.3 Å². The average molecular weight is 436 g/mol. The van der Waals surface area contributed by atoms with Crippen LogP contribution < -0.4 is 5.46 Å². The third kappa shape index (κ3) is 2.43. The Labute approximate surface area is 198 Å². The van der Waals surface area contributed by atoms with Gasteiger partial charge < -0.3 is 10.0 Å². The molecule has 160 valence electrons. The lowest BCUT2D eigenvalue weighted by atomic mass is 9.68. The van der Waals surface area contributed by atoms with Crippen molar-refractivity contribution in [2.75, 3.05) is 0 Å². The highest BCUT2D eigenvalue weighted by Gasteiger charge is 2.51. The van der Waals surface area contributed by atoms with Crippen LogP contribution in [0.4, 0.5) is 0 Å². The Morgan fingerprint density at radius 1 is 0.441 bits per heavy atom. The first-order valence-corrected chi connectivity index (χ1v) is 11.6. The second-order valence-corrected chi connectivity index (χ2v) is 9.15. The molecule has 0 atom stereocenters. The largest absolute Gasteiger partial charge is 0.488 e. The van der Waals surface area contributed by atoms with Crippen LogP contribution in [0, 0.1) is 0 Å². The van der Waals surface area contributed by atoms with Crippen LogP contribution in [0.25, 0.3) is 33.4 Å². The van der Waals surface area contributed by atoms with E-state index >= 15 is 0 Å². The zero-order valence-corrected chi connectivity index (χ0v) is 18.4. The summed E-state index contributed by atoms with van der Waals surface area (Å²) in [5, 5.41) is 20.1. The lowest BCUT2D eigenvalue weighted by Crippen LogP contribution is -2.32. The molecule has 0 fully saturated rings. The second-order valence-electron chi connectivity index (χ2n) is 9.15. The second kappa shape index (κ2) is 7.04. The fourth-order valence-corrected chi connectivity index (χ4v) is 6.13. The Bertz CT molecular complexity index is 1540. The van der Waals surface area contributed by atoms with Gasteiger partial charge in [-0.25, -0.2) is 0 Å². The molecule has 2 N–H and O–H groups in total. The molecule has 2 aliphatic carbocycles. The van der Waals surface area contributed by atoms with Crippen LogP contribution in [0.5, 0.6) is 0 Å².